The van der Waals surface area contributed by atoms with E-state index in [0.29, 0.717) is 12.5 Å². The molecule has 0 atom stereocenters. The summed E-state index contributed by atoms with van der Waals surface area (Å²) in [5, 5.41) is 2.72. The minimum Gasteiger partial charge on any atom is -0.398 e. The normalized spacial score (nSPS) is 16.7. The SMILES string of the molecule is Nc1ccc(C(=O)NCC2CCCCC2)cc1C(F)(F)F. The summed E-state index contributed by atoms with van der Waals surface area (Å²) >= 11 is 0. The molecule has 2 rings (SSSR count). The third kappa shape index (κ3) is 4.12. The number of hydrogen-bond donors (Lipinski definition) is 2. The summed E-state index contributed by atoms with van der Waals surface area (Å²) in [6, 6.07) is 3.25. The molecule has 0 unspecified atom stereocenters. The van der Waals surface area contributed by atoms with Crippen LogP contribution in [0.5, 0.6) is 0 Å². The molecule has 1 fully saturated rings. The van der Waals surface area contributed by atoms with E-state index in [1.807, 2.05) is 0 Å². The second-order valence-corrected chi connectivity index (χ2v) is 5.51. The quantitative estimate of drug-likeness (QED) is 0.838. The van der Waals surface area contributed by atoms with Crippen LogP contribution < -0.4 is 11.1 Å². The Morgan fingerprint density at radius 1 is 1.24 bits per heavy atom. The van der Waals surface area contributed by atoms with Crippen molar-refractivity contribution in [3.05, 3.63) is 29.3 Å². The van der Waals surface area contributed by atoms with Crippen LogP contribution in [0.15, 0.2) is 18.2 Å². The van der Waals surface area contributed by atoms with Gasteiger partial charge in [0, 0.05) is 17.8 Å². The Balaban J connectivity index is 2.02. The molecule has 0 saturated heterocycles. The highest BCUT2D eigenvalue weighted by molar-refractivity contribution is 5.94. The van der Waals surface area contributed by atoms with Crippen molar-refractivity contribution >= 4 is 11.6 Å². The van der Waals surface area contributed by atoms with Crippen LogP contribution >= 0.6 is 0 Å². The molecule has 1 aromatic carbocycles. The van der Waals surface area contributed by atoms with Crippen LogP contribution in [0.25, 0.3) is 0 Å². The number of alkyl halides is 3. The Hall–Kier alpha value is -1.72. The van der Waals surface area contributed by atoms with E-state index < -0.39 is 17.6 Å². The first-order valence-corrected chi connectivity index (χ1v) is 7.13. The first-order chi connectivity index (χ1) is 9.88. The van der Waals surface area contributed by atoms with E-state index in [0.717, 1.165) is 37.8 Å². The number of halogens is 3. The van der Waals surface area contributed by atoms with Gasteiger partial charge in [0.05, 0.1) is 5.56 Å². The van der Waals surface area contributed by atoms with Gasteiger partial charge in [0.15, 0.2) is 0 Å². The van der Waals surface area contributed by atoms with Gasteiger partial charge < -0.3 is 11.1 Å². The first kappa shape index (κ1) is 15.7. The summed E-state index contributed by atoms with van der Waals surface area (Å²) in [4.78, 5) is 12.0. The van der Waals surface area contributed by atoms with Crippen molar-refractivity contribution < 1.29 is 18.0 Å². The third-order valence-electron chi connectivity index (χ3n) is 3.90. The lowest BCUT2D eigenvalue weighted by atomic mass is 9.89. The van der Waals surface area contributed by atoms with E-state index in [1.165, 1.54) is 12.5 Å². The number of benzene rings is 1. The van der Waals surface area contributed by atoms with Gasteiger partial charge in [-0.05, 0) is 37.0 Å². The molecule has 1 saturated carbocycles. The summed E-state index contributed by atoms with van der Waals surface area (Å²) < 4.78 is 38.3. The van der Waals surface area contributed by atoms with Crippen LogP contribution in [0.1, 0.15) is 48.0 Å². The lowest BCUT2D eigenvalue weighted by Crippen LogP contribution is -2.30. The Morgan fingerprint density at radius 2 is 1.90 bits per heavy atom. The van der Waals surface area contributed by atoms with Crippen molar-refractivity contribution in [3.8, 4) is 0 Å². The molecular formula is C15H19F3N2O. The molecule has 3 nitrogen and oxygen atoms in total. The van der Waals surface area contributed by atoms with E-state index in [9.17, 15) is 18.0 Å². The van der Waals surface area contributed by atoms with Crippen LogP contribution in [0.3, 0.4) is 0 Å². The molecule has 0 radical (unpaired) electrons. The van der Waals surface area contributed by atoms with Gasteiger partial charge in [0.1, 0.15) is 0 Å². The van der Waals surface area contributed by atoms with Crippen molar-refractivity contribution in [2.24, 2.45) is 5.92 Å². The van der Waals surface area contributed by atoms with Crippen molar-refractivity contribution in [3.63, 3.8) is 0 Å². The number of nitrogens with two attached hydrogens (primary N) is 1. The van der Waals surface area contributed by atoms with Crippen LogP contribution in [-0.2, 0) is 6.18 Å². The van der Waals surface area contributed by atoms with E-state index in [2.05, 4.69) is 5.32 Å². The molecule has 1 amide bonds. The number of carbonyl (C=O) groups excluding carboxylic acids is 1. The average molecular weight is 300 g/mol. The van der Waals surface area contributed by atoms with Crippen molar-refractivity contribution in [2.75, 3.05) is 12.3 Å². The number of hydrogen-bond acceptors (Lipinski definition) is 2. The van der Waals surface area contributed by atoms with Gasteiger partial charge >= 0.3 is 6.18 Å². The lowest BCUT2D eigenvalue weighted by Gasteiger charge is -2.21. The number of carbonyl (C=O) groups is 1. The number of nitrogens with one attached hydrogen (secondary N) is 1. The zero-order valence-corrected chi connectivity index (χ0v) is 11.7. The van der Waals surface area contributed by atoms with Gasteiger partial charge in [0.2, 0.25) is 0 Å². The molecule has 1 aliphatic rings. The minimum atomic E-state index is -4.55. The van der Waals surface area contributed by atoms with Gasteiger partial charge in [0.25, 0.3) is 5.91 Å². The second-order valence-electron chi connectivity index (χ2n) is 5.51. The van der Waals surface area contributed by atoms with Crippen molar-refractivity contribution in [2.45, 2.75) is 38.3 Å². The van der Waals surface area contributed by atoms with Gasteiger partial charge in [-0.25, -0.2) is 0 Å². The van der Waals surface area contributed by atoms with E-state index in [1.54, 1.807) is 0 Å². The molecule has 1 aromatic rings. The number of rotatable bonds is 3. The fourth-order valence-electron chi connectivity index (χ4n) is 2.67. The highest BCUT2D eigenvalue weighted by atomic mass is 19.4. The number of anilines is 1. The van der Waals surface area contributed by atoms with Crippen LogP contribution in [-0.4, -0.2) is 12.5 Å². The summed E-state index contributed by atoms with van der Waals surface area (Å²) in [6.07, 6.45) is 1.11. The standard InChI is InChI=1S/C15H19F3N2O/c16-15(17,18)12-8-11(6-7-13(12)19)14(21)20-9-10-4-2-1-3-5-10/h6-8,10H,1-5,9,19H2,(H,20,21). The van der Waals surface area contributed by atoms with Crippen molar-refractivity contribution in [1.29, 1.82) is 0 Å². The monoisotopic (exact) mass is 300 g/mol. The molecule has 1 aliphatic carbocycles. The predicted molar refractivity (Wildman–Crippen MR) is 74.8 cm³/mol. The summed E-state index contributed by atoms with van der Waals surface area (Å²) in [7, 11) is 0. The fourth-order valence-corrected chi connectivity index (χ4v) is 2.67. The Kier molecular flexibility index (Phi) is 4.75. The van der Waals surface area contributed by atoms with Crippen LogP contribution in [0.2, 0.25) is 0 Å². The number of nitrogen functional groups attached to an aromatic ring is 1. The molecule has 0 bridgehead atoms. The minimum absolute atomic E-state index is 0.00710. The maximum atomic E-state index is 12.8. The second kappa shape index (κ2) is 6.37. The average Bonchev–Trinajstić information content (AvgIpc) is 2.45. The Labute approximate surface area is 121 Å². The zero-order valence-electron chi connectivity index (χ0n) is 11.7. The summed E-state index contributed by atoms with van der Waals surface area (Å²) in [5.74, 6) is -0.0513. The fraction of sp³-hybridized carbons (Fsp3) is 0.533. The molecule has 0 aliphatic heterocycles. The van der Waals surface area contributed by atoms with E-state index in [-0.39, 0.29) is 11.3 Å². The summed E-state index contributed by atoms with van der Waals surface area (Å²) in [5.41, 5.74) is 3.97. The lowest BCUT2D eigenvalue weighted by molar-refractivity contribution is -0.136. The smallest absolute Gasteiger partial charge is 0.398 e. The molecule has 116 valence electrons. The van der Waals surface area contributed by atoms with Crippen molar-refractivity contribution in [1.82, 2.24) is 5.32 Å². The highest BCUT2D eigenvalue weighted by Crippen LogP contribution is 2.34. The van der Waals surface area contributed by atoms with Gasteiger partial charge in [-0.15, -0.1) is 0 Å². The molecular weight excluding hydrogens is 281 g/mol. The largest absolute Gasteiger partial charge is 0.418 e. The topological polar surface area (TPSA) is 55.1 Å². The molecule has 21 heavy (non-hydrogen) atoms. The van der Waals surface area contributed by atoms with Gasteiger partial charge in [-0.1, -0.05) is 19.3 Å². The van der Waals surface area contributed by atoms with Crippen LogP contribution in [0, 0.1) is 5.92 Å². The predicted octanol–water partition coefficient (Wildman–Crippen LogP) is 3.60. The zero-order chi connectivity index (χ0) is 15.5. The van der Waals surface area contributed by atoms with Crippen LogP contribution in [0.4, 0.5) is 18.9 Å². The summed E-state index contributed by atoms with van der Waals surface area (Å²) in [6.45, 7) is 0.518. The maximum absolute atomic E-state index is 12.8. The molecule has 0 spiro atoms. The number of amides is 1. The third-order valence-corrected chi connectivity index (χ3v) is 3.90. The molecule has 0 heterocycles. The van der Waals surface area contributed by atoms with Gasteiger partial charge in [-0.3, -0.25) is 4.79 Å². The maximum Gasteiger partial charge on any atom is 0.418 e. The highest BCUT2D eigenvalue weighted by Gasteiger charge is 2.33. The van der Waals surface area contributed by atoms with E-state index in [4.69, 9.17) is 5.73 Å². The van der Waals surface area contributed by atoms with Gasteiger partial charge in [-0.2, -0.15) is 13.2 Å². The molecule has 3 N–H and O–H groups in total. The Bertz CT molecular complexity index is 508. The first-order valence-electron chi connectivity index (χ1n) is 7.13. The van der Waals surface area contributed by atoms with E-state index >= 15 is 0 Å². The molecule has 6 heteroatoms. The molecule has 0 aromatic heterocycles. The Morgan fingerprint density at radius 3 is 2.52 bits per heavy atom.